The number of halogens is 3. The highest BCUT2D eigenvalue weighted by Gasteiger charge is 2.14. The van der Waals surface area contributed by atoms with Gasteiger partial charge in [-0.3, -0.25) is 9.89 Å². The fourth-order valence-electron chi connectivity index (χ4n) is 2.67. The Bertz CT molecular complexity index is 1110. The van der Waals surface area contributed by atoms with Crippen molar-refractivity contribution in [3.8, 4) is 11.3 Å². The molecule has 4 rings (SSSR count). The van der Waals surface area contributed by atoms with Gasteiger partial charge in [0.25, 0.3) is 5.91 Å². The molecule has 0 bridgehead atoms. The molecule has 0 spiro atoms. The van der Waals surface area contributed by atoms with E-state index in [-0.39, 0.29) is 17.1 Å². The molecule has 0 fully saturated rings. The van der Waals surface area contributed by atoms with E-state index in [1.807, 2.05) is 0 Å². The monoisotopic (exact) mass is 356 g/mol. The molecule has 0 aliphatic carbocycles. The van der Waals surface area contributed by atoms with E-state index >= 15 is 0 Å². The Labute approximate surface area is 144 Å². The highest BCUT2D eigenvalue weighted by molar-refractivity contribution is 6.05. The largest absolute Gasteiger partial charge is 0.350 e. The number of amides is 1. The molecule has 2 aromatic heterocycles. The first-order chi connectivity index (χ1) is 12.5. The number of fused-ring (bicyclic) bond motifs is 1. The Balaban J connectivity index is 1.58. The topological polar surface area (TPSA) is 73.6 Å². The predicted octanol–water partition coefficient (Wildman–Crippen LogP) is 4.23. The van der Waals surface area contributed by atoms with Crippen LogP contribution in [0.4, 0.5) is 19.0 Å². The number of carbonyl (C=O) groups is 1. The van der Waals surface area contributed by atoms with Crippen LogP contribution < -0.4 is 5.32 Å². The zero-order valence-corrected chi connectivity index (χ0v) is 13.1. The van der Waals surface area contributed by atoms with Gasteiger partial charge in [-0.05, 0) is 30.3 Å². The van der Waals surface area contributed by atoms with Gasteiger partial charge in [0.2, 0.25) is 0 Å². The molecule has 0 saturated carbocycles. The maximum atomic E-state index is 13.7. The SMILES string of the molecule is O=C(Nc1cc(-c2cc(F)cc(F)c2)[nH]n1)c1cc2c(F)cccc2[nH]1. The molecule has 0 unspecified atom stereocenters. The van der Waals surface area contributed by atoms with Crippen LogP contribution in [0.5, 0.6) is 0 Å². The molecule has 1 amide bonds. The highest BCUT2D eigenvalue weighted by Crippen LogP contribution is 2.23. The van der Waals surface area contributed by atoms with Crippen LogP contribution >= 0.6 is 0 Å². The van der Waals surface area contributed by atoms with E-state index in [0.29, 0.717) is 16.6 Å². The smallest absolute Gasteiger partial charge is 0.273 e. The summed E-state index contributed by atoms with van der Waals surface area (Å²) in [6.45, 7) is 0. The molecule has 130 valence electrons. The summed E-state index contributed by atoms with van der Waals surface area (Å²) in [4.78, 5) is 15.1. The summed E-state index contributed by atoms with van der Waals surface area (Å²) in [7, 11) is 0. The van der Waals surface area contributed by atoms with Crippen molar-refractivity contribution < 1.29 is 18.0 Å². The number of nitrogens with one attached hydrogen (secondary N) is 3. The third-order valence-corrected chi connectivity index (χ3v) is 3.85. The van der Waals surface area contributed by atoms with E-state index in [1.165, 1.54) is 24.3 Å². The first-order valence-electron chi connectivity index (χ1n) is 7.60. The standard InChI is InChI=1S/C18H11F3N4O/c19-10-4-9(5-11(20)6-10)15-8-17(25-24-15)23-18(26)16-7-12-13(21)2-1-3-14(12)22-16/h1-8,22H,(H2,23,24,25,26). The van der Waals surface area contributed by atoms with Gasteiger partial charge < -0.3 is 10.3 Å². The third kappa shape index (κ3) is 2.92. The summed E-state index contributed by atoms with van der Waals surface area (Å²) in [5.41, 5.74) is 1.24. The van der Waals surface area contributed by atoms with Crippen LogP contribution in [0.25, 0.3) is 22.2 Å². The summed E-state index contributed by atoms with van der Waals surface area (Å²) in [6.07, 6.45) is 0. The number of aromatic amines is 2. The van der Waals surface area contributed by atoms with Gasteiger partial charge in [-0.25, -0.2) is 13.2 Å². The normalized spacial score (nSPS) is 11.0. The van der Waals surface area contributed by atoms with E-state index in [1.54, 1.807) is 6.07 Å². The zero-order valence-electron chi connectivity index (χ0n) is 13.1. The Hall–Kier alpha value is -3.55. The maximum absolute atomic E-state index is 13.7. The molecular weight excluding hydrogens is 345 g/mol. The summed E-state index contributed by atoms with van der Waals surface area (Å²) in [6, 6.07) is 10.4. The van der Waals surface area contributed by atoms with Crippen LogP contribution in [0.1, 0.15) is 10.5 Å². The molecule has 2 heterocycles. The van der Waals surface area contributed by atoms with Crippen LogP contribution in [0.15, 0.2) is 48.5 Å². The number of anilines is 1. The van der Waals surface area contributed by atoms with E-state index in [9.17, 15) is 18.0 Å². The minimum absolute atomic E-state index is 0.159. The van der Waals surface area contributed by atoms with Crippen molar-refractivity contribution >= 4 is 22.6 Å². The van der Waals surface area contributed by atoms with Gasteiger partial charge in [-0.2, -0.15) is 5.10 Å². The lowest BCUT2D eigenvalue weighted by Crippen LogP contribution is -2.12. The number of hydrogen-bond acceptors (Lipinski definition) is 2. The maximum Gasteiger partial charge on any atom is 0.273 e. The fourth-order valence-corrected chi connectivity index (χ4v) is 2.67. The molecule has 4 aromatic rings. The van der Waals surface area contributed by atoms with Gasteiger partial charge in [-0.1, -0.05) is 6.07 Å². The quantitative estimate of drug-likeness (QED) is 0.514. The van der Waals surface area contributed by atoms with Crippen LogP contribution in [-0.4, -0.2) is 21.1 Å². The Kier molecular flexibility index (Phi) is 3.72. The Morgan fingerprint density at radius 1 is 1.00 bits per heavy atom. The predicted molar refractivity (Wildman–Crippen MR) is 90.1 cm³/mol. The lowest BCUT2D eigenvalue weighted by Gasteiger charge is -1.99. The lowest BCUT2D eigenvalue weighted by molar-refractivity contribution is 0.102. The van der Waals surface area contributed by atoms with Gasteiger partial charge in [0.1, 0.15) is 23.1 Å². The minimum atomic E-state index is -0.722. The van der Waals surface area contributed by atoms with Crippen molar-refractivity contribution in [3.63, 3.8) is 0 Å². The second-order valence-electron chi connectivity index (χ2n) is 5.66. The first-order valence-corrected chi connectivity index (χ1v) is 7.60. The molecular formula is C18H11F3N4O. The Morgan fingerprint density at radius 2 is 1.77 bits per heavy atom. The molecule has 0 saturated heterocycles. The lowest BCUT2D eigenvalue weighted by atomic mass is 10.1. The van der Waals surface area contributed by atoms with Crippen molar-refractivity contribution in [2.24, 2.45) is 0 Å². The summed E-state index contributed by atoms with van der Waals surface area (Å²) >= 11 is 0. The fraction of sp³-hybridized carbons (Fsp3) is 0. The number of rotatable bonds is 3. The van der Waals surface area contributed by atoms with Crippen molar-refractivity contribution in [1.29, 1.82) is 0 Å². The summed E-state index contributed by atoms with van der Waals surface area (Å²) in [5, 5.41) is 9.34. The van der Waals surface area contributed by atoms with Crippen molar-refractivity contribution in [3.05, 3.63) is 71.7 Å². The van der Waals surface area contributed by atoms with Crippen LogP contribution in [-0.2, 0) is 0 Å². The van der Waals surface area contributed by atoms with Crippen molar-refractivity contribution in [1.82, 2.24) is 15.2 Å². The van der Waals surface area contributed by atoms with Crippen LogP contribution in [0, 0.1) is 17.5 Å². The molecule has 8 heteroatoms. The van der Waals surface area contributed by atoms with Gasteiger partial charge in [0.15, 0.2) is 5.82 Å². The van der Waals surface area contributed by atoms with Gasteiger partial charge in [0, 0.05) is 28.6 Å². The average Bonchev–Trinajstić information content (AvgIpc) is 3.21. The number of aromatic nitrogens is 3. The molecule has 3 N–H and O–H groups in total. The molecule has 0 atom stereocenters. The first kappa shape index (κ1) is 15.9. The number of H-pyrrole nitrogens is 2. The van der Waals surface area contributed by atoms with Gasteiger partial charge in [-0.15, -0.1) is 0 Å². The van der Waals surface area contributed by atoms with Crippen molar-refractivity contribution in [2.45, 2.75) is 0 Å². The zero-order chi connectivity index (χ0) is 18.3. The molecule has 0 radical (unpaired) electrons. The second kappa shape index (κ2) is 6.07. The average molecular weight is 356 g/mol. The van der Waals surface area contributed by atoms with Gasteiger partial charge in [0.05, 0.1) is 5.69 Å². The number of benzene rings is 2. The van der Waals surface area contributed by atoms with E-state index in [2.05, 4.69) is 20.5 Å². The van der Waals surface area contributed by atoms with E-state index in [4.69, 9.17) is 0 Å². The number of carbonyl (C=O) groups excluding carboxylic acids is 1. The highest BCUT2D eigenvalue weighted by atomic mass is 19.1. The molecule has 0 aliphatic rings. The number of hydrogen-bond donors (Lipinski definition) is 3. The van der Waals surface area contributed by atoms with E-state index in [0.717, 1.165) is 18.2 Å². The molecule has 5 nitrogen and oxygen atoms in total. The summed E-state index contributed by atoms with van der Waals surface area (Å²) < 4.78 is 40.3. The van der Waals surface area contributed by atoms with Crippen molar-refractivity contribution in [2.75, 3.05) is 5.32 Å². The minimum Gasteiger partial charge on any atom is -0.350 e. The number of nitrogens with zero attached hydrogens (tertiary/aromatic N) is 1. The van der Waals surface area contributed by atoms with Crippen LogP contribution in [0.2, 0.25) is 0 Å². The summed E-state index contributed by atoms with van der Waals surface area (Å²) in [5.74, 6) is -2.24. The second-order valence-corrected chi connectivity index (χ2v) is 5.66. The molecule has 2 aromatic carbocycles. The van der Waals surface area contributed by atoms with E-state index < -0.39 is 23.4 Å². The molecule has 0 aliphatic heterocycles. The molecule has 26 heavy (non-hydrogen) atoms. The Morgan fingerprint density at radius 3 is 2.50 bits per heavy atom. The van der Waals surface area contributed by atoms with Gasteiger partial charge >= 0.3 is 0 Å². The third-order valence-electron chi connectivity index (χ3n) is 3.85. The van der Waals surface area contributed by atoms with Crippen LogP contribution in [0.3, 0.4) is 0 Å².